The molecule has 1 atom stereocenters. The molecule has 1 saturated heterocycles. The fourth-order valence-corrected chi connectivity index (χ4v) is 3.24. The number of carbonyl (C=O) groups excluding carboxylic acids is 1. The monoisotopic (exact) mass is 338 g/mol. The Kier molecular flexibility index (Phi) is 6.48. The van der Waals surface area contributed by atoms with Gasteiger partial charge in [0, 0.05) is 4.88 Å². The maximum Gasteiger partial charge on any atom is 0.237 e. The van der Waals surface area contributed by atoms with E-state index in [4.69, 9.17) is 0 Å². The molecule has 6 heteroatoms. The van der Waals surface area contributed by atoms with E-state index in [0.29, 0.717) is 6.54 Å². The molecule has 1 aliphatic heterocycles. The summed E-state index contributed by atoms with van der Waals surface area (Å²) in [5.41, 5.74) is 0. The van der Waals surface area contributed by atoms with Gasteiger partial charge in [-0.2, -0.15) is 0 Å². The van der Waals surface area contributed by atoms with Gasteiger partial charge < -0.3 is 10.6 Å². The van der Waals surface area contributed by atoms with E-state index in [9.17, 15) is 4.79 Å². The molecule has 1 unspecified atom stereocenters. The lowest BCUT2D eigenvalue weighted by molar-refractivity contribution is -0.123. The van der Waals surface area contributed by atoms with Crippen LogP contribution in [0.15, 0.2) is 15.9 Å². The van der Waals surface area contributed by atoms with Crippen LogP contribution in [0.5, 0.6) is 0 Å². The number of amides is 1. The van der Waals surface area contributed by atoms with Crippen LogP contribution in [0.2, 0.25) is 0 Å². The van der Waals surface area contributed by atoms with Gasteiger partial charge in [0.1, 0.15) is 0 Å². The van der Waals surface area contributed by atoms with Crippen molar-refractivity contribution < 1.29 is 4.79 Å². The molecule has 0 radical (unpaired) electrons. The zero-order valence-corrected chi connectivity index (χ0v) is 12.6. The van der Waals surface area contributed by atoms with E-state index in [1.165, 1.54) is 11.3 Å². The van der Waals surface area contributed by atoms with Crippen LogP contribution in [-0.2, 0) is 11.3 Å². The van der Waals surface area contributed by atoms with Crippen molar-refractivity contribution in [3.05, 3.63) is 20.8 Å². The first-order valence-corrected chi connectivity index (χ1v) is 7.12. The summed E-state index contributed by atoms with van der Waals surface area (Å²) in [7, 11) is 0. The average Bonchev–Trinajstić information content (AvgIpc) is 2.73. The molecule has 1 aromatic heterocycles. The highest BCUT2D eigenvalue weighted by molar-refractivity contribution is 9.11. The van der Waals surface area contributed by atoms with Gasteiger partial charge in [-0.25, -0.2) is 0 Å². The average molecular weight is 340 g/mol. The number of thiophene rings is 1. The molecule has 0 aromatic carbocycles. The minimum Gasteiger partial charge on any atom is -0.350 e. The summed E-state index contributed by atoms with van der Waals surface area (Å²) in [6.45, 7) is 1.59. The largest absolute Gasteiger partial charge is 0.350 e. The minimum absolute atomic E-state index is 0. The second kappa shape index (κ2) is 7.36. The molecule has 0 bridgehead atoms. The second-order valence-electron chi connectivity index (χ2n) is 3.93. The fraction of sp³-hybridized carbons (Fsp3) is 0.545. The highest BCUT2D eigenvalue weighted by Gasteiger charge is 2.19. The van der Waals surface area contributed by atoms with E-state index >= 15 is 0 Å². The van der Waals surface area contributed by atoms with Gasteiger partial charge >= 0.3 is 0 Å². The van der Waals surface area contributed by atoms with E-state index < -0.39 is 0 Å². The first-order valence-electron chi connectivity index (χ1n) is 5.51. The predicted octanol–water partition coefficient (Wildman–Crippen LogP) is 2.69. The van der Waals surface area contributed by atoms with E-state index in [0.717, 1.165) is 23.2 Å². The Labute approximate surface area is 120 Å². The number of hydrogen-bond acceptors (Lipinski definition) is 3. The van der Waals surface area contributed by atoms with Crippen LogP contribution < -0.4 is 10.6 Å². The molecular formula is C11H16BrClN2OS. The lowest BCUT2D eigenvalue weighted by atomic mass is 10.0. The molecule has 0 saturated carbocycles. The van der Waals surface area contributed by atoms with Crippen molar-refractivity contribution in [2.24, 2.45) is 0 Å². The van der Waals surface area contributed by atoms with Gasteiger partial charge in [-0.1, -0.05) is 6.42 Å². The van der Waals surface area contributed by atoms with Crippen molar-refractivity contribution in [1.29, 1.82) is 0 Å². The fourth-order valence-electron chi connectivity index (χ4n) is 1.82. The highest BCUT2D eigenvalue weighted by atomic mass is 79.9. The Balaban J connectivity index is 0.00000144. The van der Waals surface area contributed by atoms with Crippen LogP contribution in [0.25, 0.3) is 0 Å². The van der Waals surface area contributed by atoms with E-state index in [-0.39, 0.29) is 24.4 Å². The molecular weight excluding hydrogens is 324 g/mol. The number of hydrogen-bond donors (Lipinski definition) is 2. The Morgan fingerprint density at radius 3 is 2.94 bits per heavy atom. The maximum atomic E-state index is 11.8. The molecule has 2 N–H and O–H groups in total. The van der Waals surface area contributed by atoms with Gasteiger partial charge in [0.05, 0.1) is 16.4 Å². The van der Waals surface area contributed by atoms with E-state index in [1.807, 2.05) is 12.1 Å². The first kappa shape index (κ1) is 15.0. The van der Waals surface area contributed by atoms with Gasteiger partial charge in [-0.15, -0.1) is 23.7 Å². The molecule has 2 heterocycles. The second-order valence-corrected chi connectivity index (χ2v) is 6.47. The topological polar surface area (TPSA) is 41.1 Å². The van der Waals surface area contributed by atoms with Crippen molar-refractivity contribution in [3.8, 4) is 0 Å². The zero-order chi connectivity index (χ0) is 11.4. The quantitative estimate of drug-likeness (QED) is 0.889. The third-order valence-electron chi connectivity index (χ3n) is 2.69. The van der Waals surface area contributed by atoms with Gasteiger partial charge in [-0.3, -0.25) is 4.79 Å². The highest BCUT2D eigenvalue weighted by Crippen LogP contribution is 2.21. The van der Waals surface area contributed by atoms with Crippen LogP contribution in [0.1, 0.15) is 24.1 Å². The summed E-state index contributed by atoms with van der Waals surface area (Å²) < 4.78 is 1.10. The normalized spacial score (nSPS) is 19.5. The maximum absolute atomic E-state index is 11.8. The van der Waals surface area contributed by atoms with Crippen LogP contribution in [0.4, 0.5) is 0 Å². The van der Waals surface area contributed by atoms with Crippen molar-refractivity contribution >= 4 is 45.6 Å². The number of nitrogens with one attached hydrogen (secondary N) is 2. The molecule has 1 fully saturated rings. The smallest absolute Gasteiger partial charge is 0.237 e. The van der Waals surface area contributed by atoms with Crippen LogP contribution in [-0.4, -0.2) is 18.5 Å². The summed E-state index contributed by atoms with van der Waals surface area (Å²) in [6, 6.07) is 4.05. The number of rotatable bonds is 3. The number of piperidine rings is 1. The minimum atomic E-state index is 0. The summed E-state index contributed by atoms with van der Waals surface area (Å²) in [5, 5.41) is 6.21. The molecule has 1 aliphatic rings. The van der Waals surface area contributed by atoms with Crippen molar-refractivity contribution in [3.63, 3.8) is 0 Å². The Morgan fingerprint density at radius 2 is 2.35 bits per heavy atom. The number of carbonyl (C=O) groups is 1. The molecule has 1 amide bonds. The van der Waals surface area contributed by atoms with Crippen molar-refractivity contribution in [2.45, 2.75) is 31.8 Å². The summed E-state index contributed by atoms with van der Waals surface area (Å²) in [5.74, 6) is 0.129. The van der Waals surface area contributed by atoms with E-state index in [2.05, 4.69) is 26.6 Å². The molecule has 1 aromatic rings. The zero-order valence-electron chi connectivity index (χ0n) is 9.37. The van der Waals surface area contributed by atoms with Crippen LogP contribution in [0, 0.1) is 0 Å². The molecule has 2 rings (SSSR count). The van der Waals surface area contributed by atoms with Crippen molar-refractivity contribution in [1.82, 2.24) is 10.6 Å². The summed E-state index contributed by atoms with van der Waals surface area (Å²) in [4.78, 5) is 13.0. The van der Waals surface area contributed by atoms with Crippen LogP contribution >= 0.6 is 39.7 Å². The predicted molar refractivity (Wildman–Crippen MR) is 76.8 cm³/mol. The Hall–Kier alpha value is -0.100. The summed E-state index contributed by atoms with van der Waals surface area (Å²) >= 11 is 5.07. The molecule has 96 valence electrons. The molecule has 17 heavy (non-hydrogen) atoms. The molecule has 0 aliphatic carbocycles. The molecule has 0 spiro atoms. The van der Waals surface area contributed by atoms with Crippen molar-refractivity contribution in [2.75, 3.05) is 6.54 Å². The Morgan fingerprint density at radius 1 is 1.53 bits per heavy atom. The third kappa shape index (κ3) is 4.58. The standard InChI is InChI=1S/C11H15BrN2OS.ClH/c12-10-5-4-8(16-10)7-14-11(15)9-3-1-2-6-13-9;/h4-5,9,13H,1-3,6-7H2,(H,14,15);1H. The lowest BCUT2D eigenvalue weighted by Crippen LogP contribution is -2.46. The van der Waals surface area contributed by atoms with Gasteiger partial charge in [0.25, 0.3) is 0 Å². The molecule has 3 nitrogen and oxygen atoms in total. The van der Waals surface area contributed by atoms with Gasteiger partial charge in [0.2, 0.25) is 5.91 Å². The Bertz CT molecular complexity index is 366. The van der Waals surface area contributed by atoms with Gasteiger partial charge in [-0.05, 0) is 47.4 Å². The lowest BCUT2D eigenvalue weighted by Gasteiger charge is -2.22. The van der Waals surface area contributed by atoms with E-state index in [1.54, 1.807) is 11.3 Å². The third-order valence-corrected chi connectivity index (χ3v) is 4.32. The van der Waals surface area contributed by atoms with Crippen LogP contribution in [0.3, 0.4) is 0 Å². The SMILES string of the molecule is Cl.O=C(NCc1ccc(Br)s1)C1CCCCN1. The summed E-state index contributed by atoms with van der Waals surface area (Å²) in [6.07, 6.45) is 3.29. The van der Waals surface area contributed by atoms with Gasteiger partial charge in [0.15, 0.2) is 0 Å². The number of halogens is 2. The first-order chi connectivity index (χ1) is 7.75.